The summed E-state index contributed by atoms with van der Waals surface area (Å²) in [5.74, 6) is 1.77. The number of nitrogens with zero attached hydrogens (tertiary/aromatic N) is 3. The predicted octanol–water partition coefficient (Wildman–Crippen LogP) is 2.76. The number of amides is 1. The third-order valence-corrected chi connectivity index (χ3v) is 5.50. The van der Waals surface area contributed by atoms with E-state index in [1.165, 1.54) is 36.8 Å². The van der Waals surface area contributed by atoms with Gasteiger partial charge < -0.3 is 19.9 Å². The summed E-state index contributed by atoms with van der Waals surface area (Å²) in [4.78, 5) is 20.5. The Morgan fingerprint density at radius 2 is 2.11 bits per heavy atom. The van der Waals surface area contributed by atoms with Gasteiger partial charge in [0.2, 0.25) is 5.91 Å². The van der Waals surface area contributed by atoms with Gasteiger partial charge in [0.1, 0.15) is 12.3 Å². The Bertz CT molecular complexity index is 736. The smallest absolute Gasteiger partial charge is 0.243 e. The van der Waals surface area contributed by atoms with Crippen LogP contribution >= 0.6 is 0 Å². The first kappa shape index (κ1) is 20.2. The van der Waals surface area contributed by atoms with Crippen LogP contribution in [0.2, 0.25) is 0 Å². The Labute approximate surface area is 168 Å². The molecule has 6 nitrogen and oxygen atoms in total. The van der Waals surface area contributed by atoms with Crippen LogP contribution < -0.4 is 10.1 Å². The lowest BCUT2D eigenvalue weighted by Gasteiger charge is -2.31. The average Bonchev–Trinajstić information content (AvgIpc) is 3.24. The molecule has 0 radical (unpaired) electrons. The molecule has 1 N–H and O–H groups in total. The zero-order valence-electron chi connectivity index (χ0n) is 17.3. The molecule has 1 aliphatic carbocycles. The molecule has 1 heterocycles. The number of guanidine groups is 1. The van der Waals surface area contributed by atoms with Gasteiger partial charge in [-0.25, -0.2) is 4.99 Å². The Balaban J connectivity index is 1.70. The zero-order chi connectivity index (χ0) is 19.9. The number of ether oxygens (including phenoxy) is 1. The van der Waals surface area contributed by atoms with Crippen molar-refractivity contribution in [2.24, 2.45) is 4.99 Å². The molecule has 3 rings (SSSR count). The molecule has 1 aromatic rings. The van der Waals surface area contributed by atoms with Crippen LogP contribution in [0, 0.1) is 0 Å². The van der Waals surface area contributed by atoms with Crippen molar-refractivity contribution in [2.75, 3.05) is 40.8 Å². The summed E-state index contributed by atoms with van der Waals surface area (Å²) in [6.07, 6.45) is 8.10. The molecule has 1 amide bonds. The van der Waals surface area contributed by atoms with Gasteiger partial charge in [-0.05, 0) is 42.5 Å². The third-order valence-electron chi connectivity index (χ3n) is 5.50. The van der Waals surface area contributed by atoms with E-state index in [0.717, 1.165) is 31.2 Å². The maximum atomic E-state index is 12.0. The van der Waals surface area contributed by atoms with E-state index in [1.54, 1.807) is 26.1 Å². The number of carbonyl (C=O) groups is 1. The lowest BCUT2D eigenvalue weighted by Crippen LogP contribution is -2.47. The minimum absolute atomic E-state index is 0.0235. The minimum atomic E-state index is 0.0235. The second-order valence-corrected chi connectivity index (χ2v) is 7.71. The van der Waals surface area contributed by atoms with Gasteiger partial charge in [-0.2, -0.15) is 0 Å². The van der Waals surface area contributed by atoms with Gasteiger partial charge in [-0.1, -0.05) is 31.1 Å². The SMILES string of the molecule is COc1cccc(C2=CCN(C(=NCC(=O)N(C)C)NC3CCCC3)CC2)c1. The third kappa shape index (κ3) is 5.27. The fraction of sp³-hybridized carbons (Fsp3) is 0.545. The highest BCUT2D eigenvalue weighted by atomic mass is 16.5. The van der Waals surface area contributed by atoms with E-state index < -0.39 is 0 Å². The summed E-state index contributed by atoms with van der Waals surface area (Å²) >= 11 is 0. The average molecular weight is 385 g/mol. The molecule has 1 aromatic carbocycles. The molecule has 28 heavy (non-hydrogen) atoms. The number of hydrogen-bond donors (Lipinski definition) is 1. The number of rotatable bonds is 5. The van der Waals surface area contributed by atoms with Crippen molar-refractivity contribution in [3.8, 4) is 5.75 Å². The molecular formula is C22H32N4O2. The number of hydrogen-bond acceptors (Lipinski definition) is 3. The molecule has 152 valence electrons. The Morgan fingerprint density at radius 3 is 2.75 bits per heavy atom. The first-order valence-electron chi connectivity index (χ1n) is 10.2. The number of aliphatic imine (C=N–C) groups is 1. The maximum absolute atomic E-state index is 12.0. The molecule has 0 bridgehead atoms. The molecule has 0 aromatic heterocycles. The summed E-state index contributed by atoms with van der Waals surface area (Å²) in [7, 11) is 5.24. The lowest BCUT2D eigenvalue weighted by molar-refractivity contribution is -0.127. The highest BCUT2D eigenvalue weighted by Crippen LogP contribution is 2.26. The van der Waals surface area contributed by atoms with Gasteiger partial charge in [-0.15, -0.1) is 0 Å². The molecule has 6 heteroatoms. The summed E-state index contributed by atoms with van der Waals surface area (Å²) in [6.45, 7) is 1.87. The Hall–Kier alpha value is -2.50. The molecule has 0 unspecified atom stereocenters. The van der Waals surface area contributed by atoms with Crippen molar-refractivity contribution in [2.45, 2.75) is 38.1 Å². The number of likely N-dealkylation sites (N-methyl/N-ethyl adjacent to an activating group) is 1. The second kappa shape index (κ2) is 9.62. The summed E-state index contributed by atoms with van der Waals surface area (Å²) in [6, 6.07) is 8.69. The van der Waals surface area contributed by atoms with Crippen LogP contribution in [-0.4, -0.2) is 68.5 Å². The van der Waals surface area contributed by atoms with Gasteiger partial charge in [0.15, 0.2) is 5.96 Å². The molecule has 1 saturated carbocycles. The monoisotopic (exact) mass is 384 g/mol. The van der Waals surface area contributed by atoms with E-state index in [0.29, 0.717) is 6.04 Å². The summed E-state index contributed by atoms with van der Waals surface area (Å²) < 4.78 is 5.35. The van der Waals surface area contributed by atoms with Crippen molar-refractivity contribution in [3.63, 3.8) is 0 Å². The van der Waals surface area contributed by atoms with Crippen LogP contribution in [-0.2, 0) is 4.79 Å². The van der Waals surface area contributed by atoms with E-state index in [1.807, 2.05) is 12.1 Å². The number of carbonyl (C=O) groups excluding carboxylic acids is 1. The lowest BCUT2D eigenvalue weighted by atomic mass is 9.99. The molecular weight excluding hydrogens is 352 g/mol. The number of methoxy groups -OCH3 is 1. The molecule has 1 fully saturated rings. The summed E-state index contributed by atoms with van der Waals surface area (Å²) in [5.41, 5.74) is 2.55. The predicted molar refractivity (Wildman–Crippen MR) is 114 cm³/mol. The normalized spacial score (nSPS) is 18.0. The van der Waals surface area contributed by atoms with Gasteiger partial charge in [0, 0.05) is 33.2 Å². The van der Waals surface area contributed by atoms with Gasteiger partial charge in [-0.3, -0.25) is 4.79 Å². The quantitative estimate of drug-likeness (QED) is 0.626. The molecule has 0 spiro atoms. The zero-order valence-corrected chi connectivity index (χ0v) is 17.3. The van der Waals surface area contributed by atoms with Crippen LogP contribution in [0.5, 0.6) is 5.75 Å². The molecule has 2 aliphatic rings. The van der Waals surface area contributed by atoms with E-state index >= 15 is 0 Å². The first-order valence-corrected chi connectivity index (χ1v) is 10.2. The topological polar surface area (TPSA) is 57.2 Å². The van der Waals surface area contributed by atoms with Crippen molar-refractivity contribution >= 4 is 17.4 Å². The van der Waals surface area contributed by atoms with Crippen LogP contribution in [0.4, 0.5) is 0 Å². The first-order chi connectivity index (χ1) is 13.6. The number of benzene rings is 1. The van der Waals surface area contributed by atoms with Crippen LogP contribution in [0.25, 0.3) is 5.57 Å². The van der Waals surface area contributed by atoms with Crippen LogP contribution in [0.1, 0.15) is 37.7 Å². The van der Waals surface area contributed by atoms with Crippen molar-refractivity contribution in [3.05, 3.63) is 35.9 Å². The van der Waals surface area contributed by atoms with Crippen molar-refractivity contribution in [1.29, 1.82) is 0 Å². The van der Waals surface area contributed by atoms with Gasteiger partial charge in [0.05, 0.1) is 7.11 Å². The van der Waals surface area contributed by atoms with Crippen molar-refractivity contribution < 1.29 is 9.53 Å². The highest BCUT2D eigenvalue weighted by molar-refractivity contribution is 5.86. The standard InChI is InChI=1S/C22H32N4O2/c1-25(2)21(27)16-23-22(24-19-8-4-5-9-19)26-13-11-17(12-14-26)18-7-6-10-20(15-18)28-3/h6-7,10-11,15,19H,4-5,8-9,12-14,16H2,1-3H3,(H,23,24). The number of nitrogens with one attached hydrogen (secondary N) is 1. The van der Waals surface area contributed by atoms with E-state index in [-0.39, 0.29) is 12.5 Å². The van der Waals surface area contributed by atoms with Crippen LogP contribution in [0.3, 0.4) is 0 Å². The highest BCUT2D eigenvalue weighted by Gasteiger charge is 2.22. The Kier molecular flexibility index (Phi) is 6.95. The fourth-order valence-corrected chi connectivity index (χ4v) is 3.72. The second-order valence-electron chi connectivity index (χ2n) is 7.71. The maximum Gasteiger partial charge on any atom is 0.243 e. The molecule has 0 atom stereocenters. The Morgan fingerprint density at radius 1 is 1.32 bits per heavy atom. The van der Waals surface area contributed by atoms with Gasteiger partial charge >= 0.3 is 0 Å². The van der Waals surface area contributed by atoms with E-state index in [2.05, 4.69) is 33.4 Å². The molecule has 0 saturated heterocycles. The fourth-order valence-electron chi connectivity index (χ4n) is 3.72. The van der Waals surface area contributed by atoms with E-state index in [4.69, 9.17) is 4.74 Å². The van der Waals surface area contributed by atoms with E-state index in [9.17, 15) is 4.79 Å². The van der Waals surface area contributed by atoms with Crippen molar-refractivity contribution in [1.82, 2.24) is 15.1 Å². The van der Waals surface area contributed by atoms with Gasteiger partial charge in [0.25, 0.3) is 0 Å². The minimum Gasteiger partial charge on any atom is -0.497 e. The largest absolute Gasteiger partial charge is 0.497 e. The van der Waals surface area contributed by atoms with Crippen LogP contribution in [0.15, 0.2) is 35.3 Å². The summed E-state index contributed by atoms with van der Waals surface area (Å²) in [5, 5.41) is 3.61. The molecule has 1 aliphatic heterocycles.